The van der Waals surface area contributed by atoms with Crippen molar-refractivity contribution in [3.8, 4) is 22.3 Å². The quantitative estimate of drug-likeness (QED) is 0.0747. The Hall–Kier alpha value is -4.62. The van der Waals surface area contributed by atoms with Crippen LogP contribution in [0, 0.1) is 11.6 Å². The van der Waals surface area contributed by atoms with Crippen LogP contribution in [-0.4, -0.2) is 30.4 Å². The van der Waals surface area contributed by atoms with E-state index < -0.39 is 51.1 Å². The molecule has 270 valence electrons. The molecule has 5 aromatic rings. The van der Waals surface area contributed by atoms with Crippen LogP contribution in [0.1, 0.15) is 45.8 Å². The number of halogens is 7. The molecular formula is C38H28Cl2F5NO5S. The molecule has 1 unspecified atom stereocenters. The van der Waals surface area contributed by atoms with Gasteiger partial charge < -0.3 is 5.32 Å². The van der Waals surface area contributed by atoms with Crippen LogP contribution in [0.4, 0.5) is 27.6 Å². The first-order chi connectivity index (χ1) is 24.5. The van der Waals surface area contributed by atoms with Gasteiger partial charge in [0.2, 0.25) is 5.91 Å². The minimum atomic E-state index is -4.87. The minimum Gasteiger partial charge on any atom is -0.326 e. The molecule has 0 aromatic heterocycles. The summed E-state index contributed by atoms with van der Waals surface area (Å²) in [6.07, 6.45) is -5.02. The Balaban J connectivity index is 1.44. The Morgan fingerprint density at radius 1 is 0.750 bits per heavy atom. The van der Waals surface area contributed by atoms with Gasteiger partial charge in [-0.1, -0.05) is 89.9 Å². The van der Waals surface area contributed by atoms with Gasteiger partial charge in [0.25, 0.3) is 10.1 Å². The number of alkyl halides is 3. The Bertz CT molecular complexity index is 2230. The topological polar surface area (TPSA) is 101 Å². The first kappa shape index (κ1) is 38.6. The monoisotopic (exact) mass is 775 g/mol. The predicted octanol–water partition coefficient (Wildman–Crippen LogP) is 10.4. The minimum absolute atomic E-state index is 0.0479. The average Bonchev–Trinajstić information content (AvgIpc) is 3.09. The highest BCUT2D eigenvalue weighted by Crippen LogP contribution is 2.40. The normalized spacial score (nSPS) is 12.4. The van der Waals surface area contributed by atoms with E-state index in [0.717, 1.165) is 24.3 Å². The number of nitrogens with one attached hydrogen (secondary N) is 1. The lowest BCUT2D eigenvalue weighted by Gasteiger charge is -2.20. The maximum atomic E-state index is 14.3. The average molecular weight is 777 g/mol. The Kier molecular flexibility index (Phi) is 11.8. The number of Topliss-reactive ketones (excluding diaryl/α,β-unsaturated/α-hetero) is 1. The maximum absolute atomic E-state index is 14.3. The second-order valence-corrected chi connectivity index (χ2v) is 14.3. The van der Waals surface area contributed by atoms with Crippen molar-refractivity contribution in [2.24, 2.45) is 0 Å². The number of benzene rings is 5. The van der Waals surface area contributed by atoms with E-state index in [-0.39, 0.29) is 57.5 Å². The molecule has 1 amide bonds. The molecule has 0 radical (unpaired) electrons. The van der Waals surface area contributed by atoms with E-state index >= 15 is 0 Å². The highest BCUT2D eigenvalue weighted by Gasteiger charge is 2.34. The molecule has 5 rings (SSSR count). The van der Waals surface area contributed by atoms with Crippen molar-refractivity contribution in [1.29, 1.82) is 0 Å². The molecule has 14 heteroatoms. The van der Waals surface area contributed by atoms with Crippen LogP contribution in [-0.2, 0) is 27.5 Å². The Morgan fingerprint density at radius 2 is 1.33 bits per heavy atom. The molecule has 0 aliphatic carbocycles. The Labute approximate surface area is 306 Å². The van der Waals surface area contributed by atoms with E-state index in [1.165, 1.54) is 36.4 Å². The van der Waals surface area contributed by atoms with E-state index in [1.54, 1.807) is 42.5 Å². The predicted molar refractivity (Wildman–Crippen MR) is 190 cm³/mol. The Morgan fingerprint density at radius 3 is 1.90 bits per heavy atom. The highest BCUT2D eigenvalue weighted by molar-refractivity contribution is 7.85. The largest absolute Gasteiger partial charge is 0.417 e. The van der Waals surface area contributed by atoms with Gasteiger partial charge in [-0.3, -0.25) is 14.1 Å². The summed E-state index contributed by atoms with van der Waals surface area (Å²) in [5.41, 5.74) is 0.816. The number of hydrogen-bond donors (Lipinski definition) is 2. The summed E-state index contributed by atoms with van der Waals surface area (Å²) in [5, 5.41) is 2.27. The van der Waals surface area contributed by atoms with Crippen molar-refractivity contribution in [2.75, 3.05) is 11.1 Å². The van der Waals surface area contributed by atoms with Crippen molar-refractivity contribution >= 4 is 50.7 Å². The van der Waals surface area contributed by atoms with Gasteiger partial charge in [-0.25, -0.2) is 8.78 Å². The molecule has 0 saturated carbocycles. The highest BCUT2D eigenvalue weighted by atomic mass is 35.5. The number of ketones is 1. The molecule has 5 aromatic carbocycles. The summed E-state index contributed by atoms with van der Waals surface area (Å²) in [4.78, 5) is 26.4. The third-order valence-electron chi connectivity index (χ3n) is 8.23. The van der Waals surface area contributed by atoms with Crippen LogP contribution >= 0.6 is 23.2 Å². The molecule has 0 aliphatic heterocycles. The first-order valence-electron chi connectivity index (χ1n) is 15.6. The number of amides is 1. The zero-order valence-electron chi connectivity index (χ0n) is 26.9. The van der Waals surface area contributed by atoms with Gasteiger partial charge >= 0.3 is 6.18 Å². The summed E-state index contributed by atoms with van der Waals surface area (Å²) in [6, 6.07) is 23.5. The number of carbonyl (C=O) groups is 2. The molecule has 0 saturated heterocycles. The zero-order valence-corrected chi connectivity index (χ0v) is 29.2. The molecule has 0 spiro atoms. The van der Waals surface area contributed by atoms with Gasteiger partial charge in [0.1, 0.15) is 11.6 Å². The van der Waals surface area contributed by atoms with Crippen molar-refractivity contribution in [3.63, 3.8) is 0 Å². The summed E-state index contributed by atoms with van der Waals surface area (Å²) in [7, 11) is -4.22. The molecule has 6 nitrogen and oxygen atoms in total. The zero-order chi connectivity index (χ0) is 37.8. The van der Waals surface area contributed by atoms with Crippen LogP contribution in [0.15, 0.2) is 103 Å². The fraction of sp³-hybridized carbons (Fsp3) is 0.158. The number of carbonyl (C=O) groups excluding carboxylic acids is 2. The van der Waals surface area contributed by atoms with E-state index in [9.17, 15) is 40.0 Å². The third-order valence-corrected chi connectivity index (χ3v) is 9.65. The fourth-order valence-electron chi connectivity index (χ4n) is 5.57. The smallest absolute Gasteiger partial charge is 0.326 e. The second-order valence-electron chi connectivity index (χ2n) is 11.9. The summed E-state index contributed by atoms with van der Waals surface area (Å²) in [6.45, 7) is 0. The molecule has 0 heterocycles. The summed E-state index contributed by atoms with van der Waals surface area (Å²) < 4.78 is 102. The number of rotatable bonds is 12. The van der Waals surface area contributed by atoms with E-state index in [0.29, 0.717) is 22.3 Å². The lowest BCUT2D eigenvalue weighted by atomic mass is 9.89. The van der Waals surface area contributed by atoms with Crippen molar-refractivity contribution in [3.05, 3.63) is 147 Å². The molecule has 0 fully saturated rings. The van der Waals surface area contributed by atoms with Crippen molar-refractivity contribution < 1.29 is 44.5 Å². The van der Waals surface area contributed by atoms with Crippen LogP contribution in [0.25, 0.3) is 22.3 Å². The van der Waals surface area contributed by atoms with Gasteiger partial charge in [-0.15, -0.1) is 0 Å². The second kappa shape index (κ2) is 16.0. The lowest BCUT2D eigenvalue weighted by molar-refractivity contribution is -0.137. The van der Waals surface area contributed by atoms with Gasteiger partial charge in [0.15, 0.2) is 5.78 Å². The maximum Gasteiger partial charge on any atom is 0.417 e. The standard InChI is InChI=1S/C38H28Cl2F5NO5S/c39-32-15-11-26(19-34(32)41)23-7-9-24(10-8-23)30(18-22-3-5-25(6-4-22)36(47)2-1-17-52(49,50)51)37(48)46-28-13-14-29(31(21-28)38(43,44)45)27-12-16-33(40)35(42)20-27/h3-16,19-21,30H,1-2,17-18H2,(H,46,48)(H,49,50,51). The number of anilines is 1. The van der Waals surface area contributed by atoms with Gasteiger partial charge in [-0.05, 0) is 82.6 Å². The van der Waals surface area contributed by atoms with E-state index in [1.807, 2.05) is 0 Å². The van der Waals surface area contributed by atoms with Gasteiger partial charge in [-0.2, -0.15) is 21.6 Å². The molecule has 0 bridgehead atoms. The molecule has 0 aliphatic rings. The molecular weight excluding hydrogens is 748 g/mol. The van der Waals surface area contributed by atoms with Crippen LogP contribution in [0.2, 0.25) is 10.0 Å². The van der Waals surface area contributed by atoms with Crippen molar-refractivity contribution in [1.82, 2.24) is 0 Å². The van der Waals surface area contributed by atoms with E-state index in [4.69, 9.17) is 27.8 Å². The van der Waals surface area contributed by atoms with Gasteiger partial charge in [0, 0.05) is 17.7 Å². The van der Waals surface area contributed by atoms with E-state index in [2.05, 4.69) is 5.32 Å². The van der Waals surface area contributed by atoms with Gasteiger partial charge in [0.05, 0.1) is 27.3 Å². The summed E-state index contributed by atoms with van der Waals surface area (Å²) in [5.74, 6) is -4.06. The van der Waals surface area contributed by atoms with Crippen LogP contribution in [0.3, 0.4) is 0 Å². The van der Waals surface area contributed by atoms with Crippen molar-refractivity contribution in [2.45, 2.75) is 31.4 Å². The molecule has 1 atom stereocenters. The first-order valence-corrected chi connectivity index (χ1v) is 18.0. The van der Waals surface area contributed by atoms with Crippen LogP contribution < -0.4 is 5.32 Å². The lowest BCUT2D eigenvalue weighted by Crippen LogP contribution is -2.23. The number of hydrogen-bond acceptors (Lipinski definition) is 4. The van der Waals surface area contributed by atoms with Crippen LogP contribution in [0.5, 0.6) is 0 Å². The fourth-order valence-corrected chi connectivity index (χ4v) is 6.31. The molecule has 2 N–H and O–H groups in total. The summed E-state index contributed by atoms with van der Waals surface area (Å²) >= 11 is 11.5. The molecule has 52 heavy (non-hydrogen) atoms. The third kappa shape index (κ3) is 9.82. The SMILES string of the molecule is O=C(CCCS(=O)(=O)O)c1ccc(CC(C(=O)Nc2ccc(-c3ccc(Cl)c(F)c3)c(C(F)(F)F)c2)c2ccc(-c3ccc(Cl)c(F)c3)cc2)cc1.